The zero-order valence-corrected chi connectivity index (χ0v) is 12.4. The quantitative estimate of drug-likeness (QED) is 0.795. The molecule has 0 spiro atoms. The maximum Gasteiger partial charge on any atom is 0.331 e. The number of hydrogen-bond donors (Lipinski definition) is 3. The first-order valence-electron chi connectivity index (χ1n) is 6.05. The van der Waals surface area contributed by atoms with Gasteiger partial charge in [0.25, 0.3) is 0 Å². The fourth-order valence-electron chi connectivity index (χ4n) is 1.30. The fourth-order valence-corrected chi connectivity index (χ4v) is 2.06. The summed E-state index contributed by atoms with van der Waals surface area (Å²) in [6.07, 6.45) is 0. The van der Waals surface area contributed by atoms with Gasteiger partial charge in [0, 0.05) is 10.9 Å². The van der Waals surface area contributed by atoms with Crippen molar-refractivity contribution in [2.75, 3.05) is 0 Å². The maximum atomic E-state index is 11.8. The van der Waals surface area contributed by atoms with Crippen molar-refractivity contribution in [3.05, 3.63) is 22.4 Å². The predicted octanol–water partition coefficient (Wildman–Crippen LogP) is 2.61. The van der Waals surface area contributed by atoms with Crippen molar-refractivity contribution < 1.29 is 14.7 Å². The van der Waals surface area contributed by atoms with Gasteiger partial charge >= 0.3 is 12.0 Å². The van der Waals surface area contributed by atoms with Crippen LogP contribution in [-0.4, -0.2) is 23.1 Å². The smallest absolute Gasteiger partial charge is 0.331 e. The summed E-state index contributed by atoms with van der Waals surface area (Å²) in [5, 5.41) is 16.2. The molecule has 0 aliphatic carbocycles. The molecule has 1 aromatic rings. The van der Waals surface area contributed by atoms with Gasteiger partial charge in [-0.2, -0.15) is 0 Å². The molecule has 0 saturated heterocycles. The van der Waals surface area contributed by atoms with Gasteiger partial charge in [-0.1, -0.05) is 26.8 Å². The molecule has 0 bridgehead atoms. The molecule has 0 aromatic carbocycles. The minimum atomic E-state index is -1.07. The first-order chi connectivity index (χ1) is 8.71. The molecule has 2 unspecified atom stereocenters. The van der Waals surface area contributed by atoms with Crippen LogP contribution in [0.2, 0.25) is 0 Å². The number of carboxylic acid groups (broad SMARTS) is 1. The summed E-state index contributed by atoms with van der Waals surface area (Å²) in [5.41, 5.74) is -0.0843. The van der Waals surface area contributed by atoms with E-state index in [9.17, 15) is 9.59 Å². The molecule has 0 aliphatic rings. The van der Waals surface area contributed by atoms with Gasteiger partial charge in [-0.15, -0.1) is 11.3 Å². The second kappa shape index (κ2) is 6.06. The van der Waals surface area contributed by atoms with E-state index in [0.29, 0.717) is 4.88 Å². The van der Waals surface area contributed by atoms with Crippen LogP contribution < -0.4 is 10.6 Å². The van der Waals surface area contributed by atoms with Crippen molar-refractivity contribution in [3.8, 4) is 0 Å². The molecule has 1 aromatic heterocycles. The van der Waals surface area contributed by atoms with E-state index in [4.69, 9.17) is 5.11 Å². The monoisotopic (exact) mass is 284 g/mol. The number of amides is 2. The van der Waals surface area contributed by atoms with Crippen LogP contribution in [0, 0.1) is 5.41 Å². The van der Waals surface area contributed by atoms with Crippen LogP contribution in [0.3, 0.4) is 0 Å². The average molecular weight is 284 g/mol. The van der Waals surface area contributed by atoms with E-state index < -0.39 is 18.0 Å². The molecule has 106 valence electrons. The molecule has 1 rings (SSSR count). The number of carbonyl (C=O) groups is 2. The second-order valence-electron chi connectivity index (χ2n) is 5.49. The van der Waals surface area contributed by atoms with Crippen molar-refractivity contribution in [2.45, 2.75) is 39.8 Å². The topological polar surface area (TPSA) is 78.4 Å². The Morgan fingerprint density at radius 1 is 1.32 bits per heavy atom. The lowest BCUT2D eigenvalue weighted by Gasteiger charge is -2.28. The van der Waals surface area contributed by atoms with E-state index in [1.54, 1.807) is 17.5 Å². The summed E-state index contributed by atoms with van der Waals surface area (Å²) in [5.74, 6) is -1.07. The van der Waals surface area contributed by atoms with Crippen molar-refractivity contribution in [1.82, 2.24) is 10.6 Å². The normalized spacial score (nSPS) is 14.5. The van der Waals surface area contributed by atoms with Gasteiger partial charge in [0.15, 0.2) is 6.04 Å². The molecule has 0 aliphatic heterocycles. The van der Waals surface area contributed by atoms with Crippen LogP contribution in [-0.2, 0) is 4.79 Å². The SMILES string of the molecule is CC(NC(=O)NC(C(=O)O)c1cccs1)C(C)(C)C. The molecule has 0 radical (unpaired) electrons. The van der Waals surface area contributed by atoms with E-state index in [0.717, 1.165) is 0 Å². The molecular formula is C13H20N2O3S. The Labute approximate surface area is 117 Å². The lowest BCUT2D eigenvalue weighted by molar-refractivity contribution is -0.139. The van der Waals surface area contributed by atoms with E-state index in [-0.39, 0.29) is 11.5 Å². The molecular weight excluding hydrogens is 264 g/mol. The third-order valence-corrected chi connectivity index (χ3v) is 3.93. The zero-order valence-electron chi connectivity index (χ0n) is 11.6. The Kier molecular flexibility index (Phi) is 4.94. The van der Waals surface area contributed by atoms with Crippen LogP contribution in [0.4, 0.5) is 4.79 Å². The fraction of sp³-hybridized carbons (Fsp3) is 0.538. The molecule has 3 N–H and O–H groups in total. The number of carboxylic acids is 1. The maximum absolute atomic E-state index is 11.8. The summed E-state index contributed by atoms with van der Waals surface area (Å²) in [6, 6.07) is 1.91. The number of urea groups is 1. The van der Waals surface area contributed by atoms with Gasteiger partial charge in [-0.05, 0) is 23.8 Å². The third kappa shape index (κ3) is 4.55. The minimum Gasteiger partial charge on any atom is -0.479 e. The Morgan fingerprint density at radius 3 is 2.37 bits per heavy atom. The number of nitrogens with one attached hydrogen (secondary N) is 2. The van der Waals surface area contributed by atoms with Crippen LogP contribution in [0.25, 0.3) is 0 Å². The Bertz CT molecular complexity index is 437. The van der Waals surface area contributed by atoms with Crippen molar-refractivity contribution in [1.29, 1.82) is 0 Å². The Hall–Kier alpha value is -1.56. The van der Waals surface area contributed by atoms with Crippen LogP contribution in [0.5, 0.6) is 0 Å². The van der Waals surface area contributed by atoms with E-state index in [1.165, 1.54) is 11.3 Å². The lowest BCUT2D eigenvalue weighted by atomic mass is 9.88. The molecule has 0 saturated carbocycles. The van der Waals surface area contributed by atoms with E-state index in [1.807, 2.05) is 27.7 Å². The highest BCUT2D eigenvalue weighted by molar-refractivity contribution is 7.10. The van der Waals surface area contributed by atoms with Gasteiger partial charge in [-0.3, -0.25) is 0 Å². The predicted molar refractivity (Wildman–Crippen MR) is 75.3 cm³/mol. The lowest BCUT2D eigenvalue weighted by Crippen LogP contribution is -2.48. The van der Waals surface area contributed by atoms with E-state index >= 15 is 0 Å². The highest BCUT2D eigenvalue weighted by atomic mass is 32.1. The largest absolute Gasteiger partial charge is 0.479 e. The number of hydrogen-bond acceptors (Lipinski definition) is 3. The first-order valence-corrected chi connectivity index (χ1v) is 6.93. The Morgan fingerprint density at radius 2 is 1.95 bits per heavy atom. The van der Waals surface area contributed by atoms with Crippen molar-refractivity contribution in [3.63, 3.8) is 0 Å². The van der Waals surface area contributed by atoms with Gasteiger partial charge in [0.05, 0.1) is 0 Å². The molecule has 19 heavy (non-hydrogen) atoms. The summed E-state index contributed by atoms with van der Waals surface area (Å²) < 4.78 is 0. The molecule has 0 fully saturated rings. The molecule has 1 heterocycles. The molecule has 2 atom stereocenters. The third-order valence-electron chi connectivity index (χ3n) is 3.00. The highest BCUT2D eigenvalue weighted by Crippen LogP contribution is 2.20. The van der Waals surface area contributed by atoms with E-state index in [2.05, 4.69) is 10.6 Å². The minimum absolute atomic E-state index is 0.0646. The second-order valence-corrected chi connectivity index (χ2v) is 6.47. The average Bonchev–Trinajstić information content (AvgIpc) is 2.77. The van der Waals surface area contributed by atoms with Gasteiger partial charge in [0.2, 0.25) is 0 Å². The van der Waals surface area contributed by atoms with Crippen LogP contribution in [0.15, 0.2) is 17.5 Å². The first kappa shape index (κ1) is 15.5. The molecule has 5 nitrogen and oxygen atoms in total. The summed E-state index contributed by atoms with van der Waals surface area (Å²) in [4.78, 5) is 23.6. The zero-order chi connectivity index (χ0) is 14.6. The Balaban J connectivity index is 2.66. The van der Waals surface area contributed by atoms with Crippen LogP contribution >= 0.6 is 11.3 Å². The van der Waals surface area contributed by atoms with Crippen molar-refractivity contribution >= 4 is 23.3 Å². The standard InChI is InChI=1S/C13H20N2O3S/c1-8(13(2,3)4)14-12(18)15-10(11(16)17)9-6-5-7-19-9/h5-8,10H,1-4H3,(H,16,17)(H2,14,15,18). The number of rotatable bonds is 4. The van der Waals surface area contributed by atoms with Crippen LogP contribution in [0.1, 0.15) is 38.6 Å². The van der Waals surface area contributed by atoms with Crippen molar-refractivity contribution in [2.24, 2.45) is 5.41 Å². The summed E-state index contributed by atoms with van der Waals surface area (Å²) >= 11 is 1.30. The number of aliphatic carboxylic acids is 1. The number of carbonyl (C=O) groups excluding carboxylic acids is 1. The highest BCUT2D eigenvalue weighted by Gasteiger charge is 2.26. The molecule has 6 heteroatoms. The van der Waals surface area contributed by atoms with Gasteiger partial charge in [0.1, 0.15) is 0 Å². The molecule has 2 amide bonds. The summed E-state index contributed by atoms with van der Waals surface area (Å²) in [6.45, 7) is 7.91. The number of thiophene rings is 1. The summed E-state index contributed by atoms with van der Waals surface area (Å²) in [7, 11) is 0. The van der Waals surface area contributed by atoms with Gasteiger partial charge < -0.3 is 15.7 Å². The van der Waals surface area contributed by atoms with Gasteiger partial charge in [-0.25, -0.2) is 9.59 Å².